The normalized spacial score (nSPS) is 12.4. The van der Waals surface area contributed by atoms with Crippen molar-refractivity contribution in [3.63, 3.8) is 0 Å². The number of thiophene rings is 1. The third-order valence-electron chi connectivity index (χ3n) is 3.25. The highest BCUT2D eigenvalue weighted by atomic mass is 32.2. The van der Waals surface area contributed by atoms with Gasteiger partial charge in [0.05, 0.1) is 5.39 Å². The third-order valence-corrected chi connectivity index (χ3v) is 5.37. The Labute approximate surface area is 134 Å². The highest BCUT2D eigenvalue weighted by Crippen LogP contribution is 2.34. The fraction of sp³-hybridized carbons (Fsp3) is 0.133. The molecule has 0 radical (unpaired) electrons. The molecule has 7 heteroatoms. The predicted molar refractivity (Wildman–Crippen MR) is 89.1 cm³/mol. The van der Waals surface area contributed by atoms with Crippen molar-refractivity contribution in [3.8, 4) is 0 Å². The van der Waals surface area contributed by atoms with Crippen molar-refractivity contribution in [1.29, 1.82) is 0 Å². The van der Waals surface area contributed by atoms with Gasteiger partial charge in [-0.15, -0.1) is 11.3 Å². The van der Waals surface area contributed by atoms with Crippen LogP contribution in [0.2, 0.25) is 0 Å². The lowest BCUT2D eigenvalue weighted by Gasteiger charge is -2.14. The lowest BCUT2D eigenvalue weighted by Crippen LogP contribution is -2.23. The maximum absolute atomic E-state index is 12.3. The Balaban J connectivity index is 2.05. The lowest BCUT2D eigenvalue weighted by molar-refractivity contribution is -0.117. The van der Waals surface area contributed by atoms with Crippen LogP contribution in [0.4, 0.5) is 0 Å². The number of fused-ring (bicyclic) bond motifs is 1. The molecular weight excluding hydrogens is 318 g/mol. The second-order valence-corrected chi connectivity index (χ2v) is 6.68. The van der Waals surface area contributed by atoms with Gasteiger partial charge >= 0.3 is 0 Å². The molecule has 0 spiro atoms. The number of aromatic nitrogens is 2. The molecule has 0 aliphatic heterocycles. The van der Waals surface area contributed by atoms with Crippen molar-refractivity contribution < 1.29 is 4.79 Å². The summed E-state index contributed by atoms with van der Waals surface area (Å²) in [5, 5.41) is 2.31. The minimum Gasteiger partial charge on any atom is -0.368 e. The predicted octanol–water partition coefficient (Wildman–Crippen LogP) is 2.31. The summed E-state index contributed by atoms with van der Waals surface area (Å²) in [4.78, 5) is 29.2. The first-order chi connectivity index (χ1) is 10.6. The fourth-order valence-electron chi connectivity index (χ4n) is 2.11. The first-order valence-electron chi connectivity index (χ1n) is 6.53. The SMILES string of the molecule is Cn1c(SC(C(N)=O)c2ccccc2)nc2sccc2c1=O. The van der Waals surface area contributed by atoms with Crippen molar-refractivity contribution in [2.75, 3.05) is 0 Å². The molecule has 0 fully saturated rings. The van der Waals surface area contributed by atoms with Crippen molar-refractivity contribution in [2.45, 2.75) is 10.4 Å². The molecule has 22 heavy (non-hydrogen) atoms. The molecule has 3 rings (SSSR count). The number of nitrogens with zero attached hydrogens (tertiary/aromatic N) is 2. The highest BCUT2D eigenvalue weighted by Gasteiger charge is 2.22. The van der Waals surface area contributed by atoms with Crippen LogP contribution in [-0.2, 0) is 11.8 Å². The zero-order chi connectivity index (χ0) is 15.7. The Kier molecular flexibility index (Phi) is 4.00. The Morgan fingerprint density at radius 3 is 2.73 bits per heavy atom. The van der Waals surface area contributed by atoms with Crippen molar-refractivity contribution in [1.82, 2.24) is 9.55 Å². The fourth-order valence-corrected chi connectivity index (χ4v) is 3.93. The van der Waals surface area contributed by atoms with E-state index in [1.165, 1.54) is 27.7 Å². The van der Waals surface area contributed by atoms with E-state index in [4.69, 9.17) is 5.73 Å². The van der Waals surface area contributed by atoms with Crippen LogP contribution in [0.3, 0.4) is 0 Å². The average Bonchev–Trinajstić information content (AvgIpc) is 2.98. The summed E-state index contributed by atoms with van der Waals surface area (Å²) in [7, 11) is 1.65. The van der Waals surface area contributed by atoms with Gasteiger partial charge in [-0.2, -0.15) is 0 Å². The third kappa shape index (κ3) is 2.65. The van der Waals surface area contributed by atoms with Gasteiger partial charge in [0.2, 0.25) is 5.91 Å². The zero-order valence-corrected chi connectivity index (χ0v) is 13.4. The minimum absolute atomic E-state index is 0.120. The average molecular weight is 331 g/mol. The molecule has 1 atom stereocenters. The van der Waals surface area contributed by atoms with E-state index >= 15 is 0 Å². The van der Waals surface area contributed by atoms with Gasteiger partial charge in [-0.1, -0.05) is 42.1 Å². The smallest absolute Gasteiger partial charge is 0.262 e. The Bertz CT molecular complexity index is 887. The quantitative estimate of drug-likeness (QED) is 0.588. The van der Waals surface area contributed by atoms with Crippen LogP contribution in [-0.4, -0.2) is 15.5 Å². The van der Waals surface area contributed by atoms with Gasteiger partial charge in [-0.05, 0) is 17.0 Å². The number of carbonyl (C=O) groups excluding carboxylic acids is 1. The molecule has 1 amide bonds. The summed E-state index contributed by atoms with van der Waals surface area (Å²) in [5.74, 6) is -0.461. The molecule has 5 nitrogen and oxygen atoms in total. The van der Waals surface area contributed by atoms with Crippen LogP contribution < -0.4 is 11.3 Å². The second-order valence-electron chi connectivity index (χ2n) is 4.71. The lowest BCUT2D eigenvalue weighted by atomic mass is 10.1. The topological polar surface area (TPSA) is 78.0 Å². The molecule has 112 valence electrons. The standard InChI is InChI=1S/C15H13N3O2S2/c1-18-14(20)10-7-8-21-13(10)17-15(18)22-11(12(16)19)9-5-3-2-4-6-9/h2-8,11H,1H3,(H2,16,19). The second kappa shape index (κ2) is 5.94. The van der Waals surface area contributed by atoms with Gasteiger partial charge in [-0.3, -0.25) is 14.2 Å². The Morgan fingerprint density at radius 2 is 2.05 bits per heavy atom. The number of rotatable bonds is 4. The maximum atomic E-state index is 12.3. The van der Waals surface area contributed by atoms with E-state index in [1.807, 2.05) is 35.7 Å². The van der Waals surface area contributed by atoms with E-state index in [9.17, 15) is 9.59 Å². The van der Waals surface area contributed by atoms with Gasteiger partial charge in [-0.25, -0.2) is 4.98 Å². The number of carbonyl (C=O) groups is 1. The summed E-state index contributed by atoms with van der Waals surface area (Å²) in [6.07, 6.45) is 0. The molecular formula is C15H13N3O2S2. The monoisotopic (exact) mass is 331 g/mol. The maximum Gasteiger partial charge on any atom is 0.262 e. The number of benzene rings is 1. The first-order valence-corrected chi connectivity index (χ1v) is 8.29. The summed E-state index contributed by atoms with van der Waals surface area (Å²) in [5.41, 5.74) is 6.20. The molecule has 3 aromatic rings. The molecule has 0 aliphatic carbocycles. The summed E-state index contributed by atoms with van der Waals surface area (Å²) in [6.45, 7) is 0. The van der Waals surface area contributed by atoms with E-state index in [-0.39, 0.29) is 5.56 Å². The van der Waals surface area contributed by atoms with Gasteiger partial charge < -0.3 is 5.73 Å². The first kappa shape index (κ1) is 14.8. The minimum atomic E-state index is -0.586. The number of primary amides is 1. The van der Waals surface area contributed by atoms with Crippen LogP contribution in [0.5, 0.6) is 0 Å². The van der Waals surface area contributed by atoms with Crippen LogP contribution in [0.15, 0.2) is 51.7 Å². The van der Waals surface area contributed by atoms with Crippen molar-refractivity contribution in [2.24, 2.45) is 12.8 Å². The van der Waals surface area contributed by atoms with Crippen LogP contribution in [0.25, 0.3) is 10.2 Å². The van der Waals surface area contributed by atoms with E-state index in [1.54, 1.807) is 13.1 Å². The van der Waals surface area contributed by atoms with Gasteiger partial charge in [0, 0.05) is 7.05 Å². The van der Waals surface area contributed by atoms with E-state index in [0.29, 0.717) is 15.4 Å². The molecule has 2 N–H and O–H groups in total. The van der Waals surface area contributed by atoms with Gasteiger partial charge in [0.1, 0.15) is 10.1 Å². The summed E-state index contributed by atoms with van der Waals surface area (Å²) < 4.78 is 1.46. The van der Waals surface area contributed by atoms with Crippen molar-refractivity contribution >= 4 is 39.2 Å². The number of hydrogen-bond acceptors (Lipinski definition) is 5. The Morgan fingerprint density at radius 1 is 1.32 bits per heavy atom. The molecule has 1 aromatic carbocycles. The summed E-state index contributed by atoms with van der Waals surface area (Å²) in [6, 6.07) is 11.0. The van der Waals surface area contributed by atoms with E-state index in [0.717, 1.165) is 5.56 Å². The van der Waals surface area contributed by atoms with Crippen LogP contribution >= 0.6 is 23.1 Å². The van der Waals surface area contributed by atoms with Crippen LogP contribution in [0.1, 0.15) is 10.8 Å². The Hall–Kier alpha value is -2.12. The van der Waals surface area contributed by atoms with Gasteiger partial charge in [0.15, 0.2) is 5.16 Å². The molecule has 0 saturated heterocycles. The number of nitrogens with two attached hydrogens (primary N) is 1. The molecule has 2 heterocycles. The molecule has 0 aliphatic rings. The van der Waals surface area contributed by atoms with E-state index in [2.05, 4.69) is 4.98 Å². The number of amides is 1. The van der Waals surface area contributed by atoms with Crippen LogP contribution in [0, 0.1) is 0 Å². The molecule has 2 aromatic heterocycles. The molecule has 1 unspecified atom stereocenters. The van der Waals surface area contributed by atoms with Crippen molar-refractivity contribution in [3.05, 3.63) is 57.7 Å². The van der Waals surface area contributed by atoms with Gasteiger partial charge in [0.25, 0.3) is 5.56 Å². The highest BCUT2D eigenvalue weighted by molar-refractivity contribution is 8.00. The number of hydrogen-bond donors (Lipinski definition) is 1. The molecule has 0 bridgehead atoms. The summed E-state index contributed by atoms with van der Waals surface area (Å²) >= 11 is 2.59. The molecule has 0 saturated carbocycles. The zero-order valence-electron chi connectivity index (χ0n) is 11.7. The largest absolute Gasteiger partial charge is 0.368 e. The number of thioether (sulfide) groups is 1. The van der Waals surface area contributed by atoms with E-state index < -0.39 is 11.2 Å².